The van der Waals surface area contributed by atoms with Crippen molar-refractivity contribution in [2.45, 2.75) is 38.1 Å². The van der Waals surface area contributed by atoms with Gasteiger partial charge in [-0.3, -0.25) is 4.79 Å². The number of aliphatic carboxylic acids is 1. The van der Waals surface area contributed by atoms with Crippen molar-refractivity contribution < 1.29 is 14.6 Å². The molecular formula is C25H24ClN3O3S. The highest BCUT2D eigenvalue weighted by Gasteiger charge is 2.29. The molecule has 1 saturated carbocycles. The van der Waals surface area contributed by atoms with Gasteiger partial charge in [-0.15, -0.1) is 11.3 Å². The van der Waals surface area contributed by atoms with Crippen LogP contribution < -0.4 is 10.1 Å². The molecule has 170 valence electrons. The van der Waals surface area contributed by atoms with E-state index in [9.17, 15) is 9.90 Å². The van der Waals surface area contributed by atoms with E-state index < -0.39 is 5.97 Å². The Labute approximate surface area is 200 Å². The topological polar surface area (TPSA) is 84.3 Å². The largest absolute Gasteiger partial charge is 0.495 e. The Morgan fingerprint density at radius 1 is 1.18 bits per heavy atom. The predicted octanol–water partition coefficient (Wildman–Crippen LogP) is 6.48. The zero-order valence-corrected chi connectivity index (χ0v) is 19.7. The minimum Gasteiger partial charge on any atom is -0.495 e. The average molecular weight is 482 g/mol. The number of anilines is 1. The Morgan fingerprint density at radius 3 is 2.70 bits per heavy atom. The smallest absolute Gasteiger partial charge is 0.306 e. The lowest BCUT2D eigenvalue weighted by atomic mass is 9.81. The molecule has 33 heavy (non-hydrogen) atoms. The summed E-state index contributed by atoms with van der Waals surface area (Å²) in [5, 5.41) is 15.6. The van der Waals surface area contributed by atoms with Gasteiger partial charge in [-0.25, -0.2) is 9.97 Å². The van der Waals surface area contributed by atoms with Crippen LogP contribution in [0, 0.1) is 5.92 Å². The van der Waals surface area contributed by atoms with Crippen LogP contribution in [0.25, 0.3) is 20.3 Å². The van der Waals surface area contributed by atoms with Crippen molar-refractivity contribution >= 4 is 55.0 Å². The number of halogens is 1. The molecule has 0 spiro atoms. The summed E-state index contributed by atoms with van der Waals surface area (Å²) < 4.78 is 6.43. The lowest BCUT2D eigenvalue weighted by Crippen LogP contribution is -2.21. The van der Waals surface area contributed by atoms with Gasteiger partial charge in [-0.2, -0.15) is 0 Å². The molecule has 2 aromatic carbocycles. The summed E-state index contributed by atoms with van der Waals surface area (Å²) in [6.07, 6.45) is 2.92. The molecule has 0 unspecified atom stereocenters. The summed E-state index contributed by atoms with van der Waals surface area (Å²) in [6, 6.07) is 14.0. The van der Waals surface area contributed by atoms with Gasteiger partial charge in [0.2, 0.25) is 0 Å². The highest BCUT2D eigenvalue weighted by molar-refractivity contribution is 7.25. The van der Waals surface area contributed by atoms with Crippen LogP contribution in [0.1, 0.15) is 43.0 Å². The molecule has 0 bridgehead atoms. The second-order valence-electron chi connectivity index (χ2n) is 8.42. The summed E-state index contributed by atoms with van der Waals surface area (Å²) in [4.78, 5) is 22.2. The molecule has 2 aromatic heterocycles. The van der Waals surface area contributed by atoms with Crippen LogP contribution in [0.4, 0.5) is 5.82 Å². The van der Waals surface area contributed by atoms with Crippen molar-refractivity contribution in [2.75, 3.05) is 12.4 Å². The van der Waals surface area contributed by atoms with Gasteiger partial charge in [0.1, 0.15) is 22.2 Å². The third-order valence-electron chi connectivity index (χ3n) is 6.37. The normalized spacial score (nSPS) is 18.5. The molecule has 1 aliphatic rings. The zero-order valence-electron chi connectivity index (χ0n) is 18.2. The van der Waals surface area contributed by atoms with Gasteiger partial charge in [-0.1, -0.05) is 35.9 Å². The van der Waals surface area contributed by atoms with Gasteiger partial charge in [0.25, 0.3) is 0 Å². The molecule has 2 heterocycles. The van der Waals surface area contributed by atoms with E-state index in [1.165, 1.54) is 4.70 Å². The third-order valence-corrected chi connectivity index (χ3v) is 7.73. The maximum atomic E-state index is 11.4. The highest BCUT2D eigenvalue weighted by Crippen LogP contribution is 2.40. The summed E-state index contributed by atoms with van der Waals surface area (Å²) in [5.74, 6) is 1.47. The molecule has 1 fully saturated rings. The number of carboxylic acid groups (broad SMARTS) is 1. The van der Waals surface area contributed by atoms with Crippen molar-refractivity contribution in [2.24, 2.45) is 5.92 Å². The van der Waals surface area contributed by atoms with E-state index in [0.717, 1.165) is 45.7 Å². The lowest BCUT2D eigenvalue weighted by molar-refractivity contribution is -0.142. The van der Waals surface area contributed by atoms with Crippen molar-refractivity contribution in [1.82, 2.24) is 9.97 Å². The Morgan fingerprint density at radius 2 is 1.97 bits per heavy atom. The number of carbonyl (C=O) groups is 1. The van der Waals surface area contributed by atoms with E-state index in [2.05, 4.69) is 17.4 Å². The maximum Gasteiger partial charge on any atom is 0.306 e. The first-order chi connectivity index (χ1) is 16.0. The molecule has 2 N–H and O–H groups in total. The Bertz CT molecular complexity index is 1330. The molecule has 0 radical (unpaired) electrons. The van der Waals surface area contributed by atoms with Gasteiger partial charge in [-0.05, 0) is 49.4 Å². The van der Waals surface area contributed by atoms with Crippen molar-refractivity contribution in [1.29, 1.82) is 0 Å². The number of nitrogens with one attached hydrogen (secondary N) is 1. The van der Waals surface area contributed by atoms with Crippen LogP contribution >= 0.6 is 22.9 Å². The third kappa shape index (κ3) is 4.35. The number of hydrogen-bond donors (Lipinski definition) is 2. The number of thiophene rings is 1. The van der Waals surface area contributed by atoms with Crippen LogP contribution in [0.15, 0.2) is 42.5 Å². The average Bonchev–Trinajstić information content (AvgIpc) is 3.21. The molecular weight excluding hydrogens is 458 g/mol. The Hall–Kier alpha value is -2.90. The monoisotopic (exact) mass is 481 g/mol. The molecule has 0 aliphatic heterocycles. The van der Waals surface area contributed by atoms with E-state index in [0.29, 0.717) is 30.2 Å². The number of fused-ring (bicyclic) bond motifs is 3. The highest BCUT2D eigenvalue weighted by atomic mass is 35.5. The van der Waals surface area contributed by atoms with Gasteiger partial charge in [0.05, 0.1) is 23.4 Å². The Kier molecular flexibility index (Phi) is 6.08. The number of benzene rings is 2. The number of methoxy groups -OCH3 is 1. The first kappa shape index (κ1) is 21.9. The summed E-state index contributed by atoms with van der Waals surface area (Å²) in [7, 11) is 1.60. The van der Waals surface area contributed by atoms with Crippen LogP contribution in [0.2, 0.25) is 5.02 Å². The second-order valence-corrected chi connectivity index (χ2v) is 9.86. The van der Waals surface area contributed by atoms with Crippen molar-refractivity contribution in [3.05, 3.63) is 58.9 Å². The van der Waals surface area contributed by atoms with Crippen molar-refractivity contribution in [3.8, 4) is 5.75 Å². The summed E-state index contributed by atoms with van der Waals surface area (Å²) >= 11 is 7.97. The summed E-state index contributed by atoms with van der Waals surface area (Å²) in [6.45, 7) is 0.561. The molecule has 4 aromatic rings. The van der Waals surface area contributed by atoms with E-state index in [4.69, 9.17) is 26.3 Å². The molecule has 0 saturated heterocycles. The van der Waals surface area contributed by atoms with Gasteiger partial charge >= 0.3 is 5.97 Å². The van der Waals surface area contributed by atoms with Crippen LogP contribution in [-0.2, 0) is 11.3 Å². The SMILES string of the molecule is COc1ccc(CNc2nc(C3CCC(C(=O)O)CC3)nc3sc4ccccc4c23)cc1Cl. The minimum atomic E-state index is -0.699. The first-order valence-corrected chi connectivity index (χ1v) is 12.2. The molecule has 6 nitrogen and oxygen atoms in total. The van der Waals surface area contributed by atoms with E-state index in [1.807, 2.05) is 30.3 Å². The molecule has 5 rings (SSSR count). The van der Waals surface area contributed by atoms with E-state index >= 15 is 0 Å². The minimum absolute atomic E-state index is 0.172. The molecule has 0 amide bonds. The molecule has 8 heteroatoms. The van der Waals surface area contributed by atoms with Crippen LogP contribution in [0.5, 0.6) is 5.75 Å². The second kappa shape index (κ2) is 9.15. The predicted molar refractivity (Wildman–Crippen MR) is 133 cm³/mol. The molecule has 1 aliphatic carbocycles. The quantitative estimate of drug-likeness (QED) is 0.328. The van der Waals surface area contributed by atoms with Crippen molar-refractivity contribution in [3.63, 3.8) is 0 Å². The summed E-state index contributed by atoms with van der Waals surface area (Å²) in [5.41, 5.74) is 1.02. The van der Waals surface area contributed by atoms with Crippen LogP contribution in [0.3, 0.4) is 0 Å². The number of ether oxygens (including phenoxy) is 1. The van der Waals surface area contributed by atoms with E-state index in [-0.39, 0.29) is 11.8 Å². The number of nitrogens with zero attached hydrogens (tertiary/aromatic N) is 2. The van der Waals surface area contributed by atoms with Crippen LogP contribution in [-0.4, -0.2) is 28.2 Å². The fourth-order valence-corrected chi connectivity index (χ4v) is 5.92. The lowest BCUT2D eigenvalue weighted by Gasteiger charge is -2.25. The maximum absolute atomic E-state index is 11.4. The molecule has 0 atom stereocenters. The number of aromatic nitrogens is 2. The fraction of sp³-hybridized carbons (Fsp3) is 0.320. The standard InChI is InChI=1S/C25H24ClN3O3S/c1-32-19-11-6-14(12-18(19)26)13-27-23-21-17-4-2-3-5-20(17)33-24(21)29-22(28-23)15-7-9-16(10-8-15)25(30)31/h2-6,11-12,15-16H,7-10,13H2,1H3,(H,30,31)(H,27,28,29). The van der Waals surface area contributed by atoms with Gasteiger partial charge < -0.3 is 15.2 Å². The first-order valence-electron chi connectivity index (χ1n) is 11.0. The van der Waals surface area contributed by atoms with Gasteiger partial charge in [0.15, 0.2) is 0 Å². The Balaban J connectivity index is 1.50. The van der Waals surface area contributed by atoms with Gasteiger partial charge in [0, 0.05) is 22.5 Å². The van der Waals surface area contributed by atoms with E-state index in [1.54, 1.807) is 18.4 Å². The number of carboxylic acids is 1. The zero-order chi connectivity index (χ0) is 22.9. The number of hydrogen-bond acceptors (Lipinski definition) is 6. The fourth-order valence-electron chi connectivity index (χ4n) is 4.55. The number of rotatable bonds is 6.